The third kappa shape index (κ3) is 4.77. The Bertz CT molecular complexity index is 1210. The molecule has 2 fully saturated rings. The molecule has 0 bridgehead atoms. The lowest BCUT2D eigenvalue weighted by Gasteiger charge is -2.52. The van der Waals surface area contributed by atoms with Gasteiger partial charge in [0.15, 0.2) is 0 Å². The Hall–Kier alpha value is -2.62. The number of hydrogen-bond acceptors (Lipinski definition) is 2. The molecule has 5 heteroatoms. The van der Waals surface area contributed by atoms with Crippen molar-refractivity contribution < 1.29 is 4.79 Å². The molecule has 1 saturated carbocycles. The number of rotatable bonds is 7. The topological polar surface area (TPSA) is 33.2 Å². The first-order valence-electron chi connectivity index (χ1n) is 12.3. The Morgan fingerprint density at radius 2 is 1.83 bits per heavy atom. The molecule has 0 N–H and O–H groups in total. The molecule has 3 aromatic rings. The van der Waals surface area contributed by atoms with Crippen LogP contribution in [0, 0.1) is 11.3 Å². The highest BCUT2D eigenvalue weighted by Crippen LogP contribution is 2.57. The summed E-state index contributed by atoms with van der Waals surface area (Å²) in [4.78, 5) is 21.4. The molecule has 0 spiro atoms. The van der Waals surface area contributed by atoms with Crippen molar-refractivity contribution in [1.29, 1.82) is 0 Å². The van der Waals surface area contributed by atoms with E-state index in [4.69, 9.17) is 28.2 Å². The Balaban J connectivity index is 1.72. The zero-order chi connectivity index (χ0) is 24.6. The van der Waals surface area contributed by atoms with Gasteiger partial charge in [-0.3, -0.25) is 9.78 Å². The van der Waals surface area contributed by atoms with Crippen LogP contribution in [0.1, 0.15) is 67.4 Å². The van der Waals surface area contributed by atoms with Crippen LogP contribution >= 0.6 is 23.2 Å². The highest BCUT2D eigenvalue weighted by Gasteiger charge is 2.54. The molecular formula is C30H30Cl2N2O. The minimum atomic E-state index is -0.570. The molecule has 2 heterocycles. The Morgan fingerprint density at radius 3 is 2.46 bits per heavy atom. The molecule has 180 valence electrons. The van der Waals surface area contributed by atoms with Gasteiger partial charge in [0.25, 0.3) is 0 Å². The van der Waals surface area contributed by atoms with Crippen molar-refractivity contribution in [3.8, 4) is 0 Å². The van der Waals surface area contributed by atoms with Gasteiger partial charge >= 0.3 is 0 Å². The summed E-state index contributed by atoms with van der Waals surface area (Å²) < 4.78 is 0. The van der Waals surface area contributed by atoms with Crippen LogP contribution in [0.2, 0.25) is 10.0 Å². The Kier molecular flexibility index (Phi) is 6.74. The van der Waals surface area contributed by atoms with Gasteiger partial charge < -0.3 is 4.90 Å². The number of pyridine rings is 1. The molecule has 2 aliphatic rings. The van der Waals surface area contributed by atoms with Crippen LogP contribution in [-0.2, 0) is 4.79 Å². The molecule has 1 aromatic heterocycles. The summed E-state index contributed by atoms with van der Waals surface area (Å²) in [6, 6.07) is 21.8. The van der Waals surface area contributed by atoms with E-state index >= 15 is 0 Å². The summed E-state index contributed by atoms with van der Waals surface area (Å²) >= 11 is 12.7. The van der Waals surface area contributed by atoms with E-state index in [0.29, 0.717) is 28.8 Å². The van der Waals surface area contributed by atoms with Gasteiger partial charge in [-0.05, 0) is 79.1 Å². The highest BCUT2D eigenvalue weighted by atomic mass is 35.5. The molecule has 2 unspecified atom stereocenters. The smallest absolute Gasteiger partial charge is 0.229 e. The van der Waals surface area contributed by atoms with Crippen LogP contribution in [0.5, 0.6) is 0 Å². The zero-order valence-electron chi connectivity index (χ0n) is 19.9. The van der Waals surface area contributed by atoms with Crippen molar-refractivity contribution in [2.75, 3.05) is 0 Å². The maximum atomic E-state index is 14.5. The third-order valence-electron chi connectivity index (χ3n) is 7.54. The van der Waals surface area contributed by atoms with Gasteiger partial charge in [-0.1, -0.05) is 66.5 Å². The summed E-state index contributed by atoms with van der Waals surface area (Å²) in [6.07, 6.45) is 7.22. The first-order chi connectivity index (χ1) is 16.9. The van der Waals surface area contributed by atoms with E-state index in [0.717, 1.165) is 29.7 Å². The van der Waals surface area contributed by atoms with E-state index in [2.05, 4.69) is 42.7 Å². The summed E-state index contributed by atoms with van der Waals surface area (Å²) in [5.41, 5.74) is 2.60. The van der Waals surface area contributed by atoms with Crippen molar-refractivity contribution in [3.05, 3.63) is 112 Å². The lowest BCUT2D eigenvalue weighted by atomic mass is 9.67. The number of nitrogens with zero attached hydrogens (tertiary/aromatic N) is 2. The molecular weight excluding hydrogens is 475 g/mol. The van der Waals surface area contributed by atoms with Gasteiger partial charge in [0.2, 0.25) is 5.91 Å². The fraction of sp³-hybridized carbons (Fsp3) is 0.333. The van der Waals surface area contributed by atoms with Crippen molar-refractivity contribution in [1.82, 2.24) is 9.88 Å². The summed E-state index contributed by atoms with van der Waals surface area (Å²) in [5.74, 6) is 0.621. The van der Waals surface area contributed by atoms with Crippen LogP contribution in [0.25, 0.3) is 0 Å². The molecule has 1 aliphatic heterocycles. The number of benzene rings is 2. The number of carbonyl (C=O) groups is 1. The molecule has 0 radical (unpaired) electrons. The summed E-state index contributed by atoms with van der Waals surface area (Å²) in [6.45, 7) is 6.08. The lowest BCUT2D eigenvalue weighted by Crippen LogP contribution is -2.53. The van der Waals surface area contributed by atoms with Crippen LogP contribution in [0.15, 0.2) is 85.6 Å². The van der Waals surface area contributed by atoms with Crippen LogP contribution < -0.4 is 0 Å². The average Bonchev–Trinajstić information content (AvgIpc) is 3.69. The largest absolute Gasteiger partial charge is 0.326 e. The van der Waals surface area contributed by atoms with E-state index < -0.39 is 5.41 Å². The molecule has 5 rings (SSSR count). The van der Waals surface area contributed by atoms with E-state index in [1.165, 1.54) is 0 Å². The summed E-state index contributed by atoms with van der Waals surface area (Å²) in [7, 11) is 0. The minimum Gasteiger partial charge on any atom is -0.326 e. The van der Waals surface area contributed by atoms with Gasteiger partial charge in [-0.25, -0.2) is 0 Å². The summed E-state index contributed by atoms with van der Waals surface area (Å²) in [5, 5.41) is 1.39. The predicted molar refractivity (Wildman–Crippen MR) is 142 cm³/mol. The van der Waals surface area contributed by atoms with Crippen molar-refractivity contribution in [3.63, 3.8) is 0 Å². The number of allylic oxidation sites excluding steroid dienone is 1. The van der Waals surface area contributed by atoms with Gasteiger partial charge in [0.1, 0.15) is 0 Å². The molecule has 1 aliphatic carbocycles. The standard InChI is InChI=1S/C30H30Cl2N2O/c1-3-16-30(2)19-25(22-7-6-8-24(32)18-22)27(20-12-14-23(31)15-13-20)34(29(30)35)28(21-10-11-21)26-9-4-5-17-33-26/h3-9,12-15,17-18,21,25,27-28H,1,10-11,16,19H2,2H3/t25-,27-,28?,30?/m1/s1. The lowest BCUT2D eigenvalue weighted by molar-refractivity contribution is -0.155. The van der Waals surface area contributed by atoms with Gasteiger partial charge in [0.05, 0.1) is 23.2 Å². The van der Waals surface area contributed by atoms with Gasteiger partial charge in [0, 0.05) is 22.2 Å². The number of piperidine rings is 1. The molecule has 35 heavy (non-hydrogen) atoms. The Labute approximate surface area is 217 Å². The number of likely N-dealkylation sites (tertiary alicyclic amines) is 1. The van der Waals surface area contributed by atoms with Crippen molar-refractivity contribution in [2.45, 2.75) is 50.6 Å². The van der Waals surface area contributed by atoms with E-state index in [9.17, 15) is 4.79 Å². The normalized spacial score (nSPS) is 25.3. The predicted octanol–water partition coefficient (Wildman–Crippen LogP) is 8.18. The van der Waals surface area contributed by atoms with Crippen molar-refractivity contribution in [2.24, 2.45) is 11.3 Å². The molecule has 1 saturated heterocycles. The third-order valence-corrected chi connectivity index (χ3v) is 8.03. The van der Waals surface area contributed by atoms with Crippen LogP contribution in [0.4, 0.5) is 0 Å². The monoisotopic (exact) mass is 504 g/mol. The number of halogens is 2. The molecule has 4 atom stereocenters. The SMILES string of the molecule is C=CCC1(C)C[C@H](c2cccc(Cl)c2)[C@@H](c2ccc(Cl)cc2)N(C(c2ccccn2)C2CC2)C1=O. The van der Waals surface area contributed by atoms with Gasteiger partial charge in [-0.2, -0.15) is 0 Å². The molecule has 1 amide bonds. The van der Waals surface area contributed by atoms with E-state index in [1.807, 2.05) is 54.7 Å². The number of aromatic nitrogens is 1. The second-order valence-corrected chi connectivity index (χ2v) is 11.0. The van der Waals surface area contributed by atoms with Gasteiger partial charge in [-0.15, -0.1) is 6.58 Å². The first kappa shape index (κ1) is 24.1. The maximum absolute atomic E-state index is 14.5. The second kappa shape index (κ2) is 9.79. The second-order valence-electron chi connectivity index (χ2n) is 10.2. The van der Waals surface area contributed by atoms with E-state index in [1.54, 1.807) is 0 Å². The van der Waals surface area contributed by atoms with Crippen LogP contribution in [0.3, 0.4) is 0 Å². The fourth-order valence-electron chi connectivity index (χ4n) is 5.77. The molecule has 3 nitrogen and oxygen atoms in total. The number of amides is 1. The quantitative estimate of drug-likeness (QED) is 0.304. The van der Waals surface area contributed by atoms with Crippen LogP contribution in [-0.4, -0.2) is 15.8 Å². The first-order valence-corrected chi connectivity index (χ1v) is 13.0. The highest BCUT2D eigenvalue weighted by molar-refractivity contribution is 6.30. The zero-order valence-corrected chi connectivity index (χ0v) is 21.4. The average molecular weight is 505 g/mol. The Morgan fingerprint density at radius 1 is 1.06 bits per heavy atom. The number of carbonyl (C=O) groups excluding carboxylic acids is 1. The fourth-order valence-corrected chi connectivity index (χ4v) is 6.09. The van der Waals surface area contributed by atoms with E-state index in [-0.39, 0.29) is 23.9 Å². The maximum Gasteiger partial charge on any atom is 0.229 e. The molecule has 2 aromatic carbocycles. The minimum absolute atomic E-state index is 0.0579. The van der Waals surface area contributed by atoms with Crippen molar-refractivity contribution >= 4 is 29.1 Å². The number of hydrogen-bond donors (Lipinski definition) is 0.